The van der Waals surface area contributed by atoms with E-state index in [0.717, 1.165) is 0 Å². The first kappa shape index (κ1) is 19.1. The largest absolute Gasteiger partial charge is 0.131 e. The van der Waals surface area contributed by atoms with Crippen molar-refractivity contribution in [2.45, 2.75) is 91.1 Å². The highest BCUT2D eigenvalue weighted by atomic mass is 28.3. The minimum Gasteiger partial charge on any atom is -0.117 e. The van der Waals surface area contributed by atoms with Crippen LogP contribution in [0.15, 0.2) is 57.3 Å². The molecule has 0 radical (unpaired) electrons. The Hall–Kier alpha value is -1.26. The average Bonchev–Trinajstić information content (AvgIpc) is 3.34. The third-order valence-electron chi connectivity index (χ3n) is 7.93. The first-order valence-electron chi connectivity index (χ1n) is 11.2. The maximum absolute atomic E-state index is 3.90. The summed E-state index contributed by atoms with van der Waals surface area (Å²) in [5.74, 6) is 0. The molecule has 0 heterocycles. The predicted molar refractivity (Wildman–Crippen MR) is 119 cm³/mol. The highest BCUT2D eigenvalue weighted by Gasteiger charge is 2.37. The Morgan fingerprint density at radius 1 is 0.630 bits per heavy atom. The number of hydrogen-bond donors (Lipinski definition) is 0. The van der Waals surface area contributed by atoms with Crippen molar-refractivity contribution in [1.29, 1.82) is 0 Å². The molecule has 4 rings (SSSR count). The van der Waals surface area contributed by atoms with Crippen LogP contribution in [-0.4, -0.2) is 8.07 Å². The smallest absolute Gasteiger partial charge is 0.117 e. The summed E-state index contributed by atoms with van der Waals surface area (Å²) in [5.41, 5.74) is 11.5. The van der Waals surface area contributed by atoms with Crippen molar-refractivity contribution in [1.82, 2.24) is 0 Å². The van der Waals surface area contributed by atoms with Gasteiger partial charge in [0.15, 0.2) is 0 Å². The number of rotatable bonds is 4. The molecule has 0 saturated heterocycles. The molecule has 2 fully saturated rings. The lowest BCUT2D eigenvalue weighted by Crippen LogP contribution is -2.29. The molecule has 0 unspecified atom stereocenters. The van der Waals surface area contributed by atoms with Crippen molar-refractivity contribution in [3.63, 3.8) is 0 Å². The van der Waals surface area contributed by atoms with E-state index in [1.165, 1.54) is 85.7 Å². The lowest BCUT2D eigenvalue weighted by atomic mass is 9.71. The molecule has 0 aliphatic heterocycles. The van der Waals surface area contributed by atoms with Crippen LogP contribution in [0.2, 0.25) is 13.1 Å². The molecule has 0 bridgehead atoms. The van der Waals surface area contributed by atoms with Crippen LogP contribution in [0.3, 0.4) is 0 Å². The van der Waals surface area contributed by atoms with E-state index in [2.05, 4.69) is 62.7 Å². The van der Waals surface area contributed by atoms with E-state index in [9.17, 15) is 0 Å². The van der Waals surface area contributed by atoms with Crippen molar-refractivity contribution in [2.24, 2.45) is 10.8 Å². The summed E-state index contributed by atoms with van der Waals surface area (Å²) in [4.78, 5) is 0. The van der Waals surface area contributed by atoms with E-state index in [4.69, 9.17) is 0 Å². The van der Waals surface area contributed by atoms with Crippen LogP contribution in [-0.2, 0) is 0 Å². The molecule has 0 amide bonds. The van der Waals surface area contributed by atoms with Crippen LogP contribution < -0.4 is 0 Å². The van der Waals surface area contributed by atoms with Gasteiger partial charge in [-0.05, 0) is 58.1 Å². The quantitative estimate of drug-likeness (QED) is 0.347. The van der Waals surface area contributed by atoms with E-state index in [-0.39, 0.29) is 0 Å². The summed E-state index contributed by atoms with van der Waals surface area (Å²) < 4.78 is 0. The van der Waals surface area contributed by atoms with Crippen LogP contribution in [0.1, 0.15) is 78.1 Å². The van der Waals surface area contributed by atoms with E-state index < -0.39 is 8.07 Å². The molecule has 0 spiro atoms. The zero-order valence-corrected chi connectivity index (χ0v) is 18.9. The van der Waals surface area contributed by atoms with Gasteiger partial charge in [0.25, 0.3) is 0 Å². The van der Waals surface area contributed by atoms with Crippen LogP contribution in [0.5, 0.6) is 0 Å². The van der Waals surface area contributed by atoms with Gasteiger partial charge in [0.05, 0.1) is 0 Å². The summed E-state index contributed by atoms with van der Waals surface area (Å²) >= 11 is 0. The number of allylic oxidation sites excluding steroid dienone is 6. The second-order valence-electron chi connectivity index (χ2n) is 10.4. The fourth-order valence-electron chi connectivity index (χ4n) is 5.57. The van der Waals surface area contributed by atoms with Gasteiger partial charge in [-0.1, -0.05) is 89.8 Å². The highest BCUT2D eigenvalue weighted by molar-refractivity contribution is 6.91. The van der Waals surface area contributed by atoms with Gasteiger partial charge in [-0.25, -0.2) is 0 Å². The van der Waals surface area contributed by atoms with E-state index in [1.807, 2.05) is 0 Å². The molecule has 27 heavy (non-hydrogen) atoms. The number of hydrogen-bond acceptors (Lipinski definition) is 0. The summed E-state index contributed by atoms with van der Waals surface area (Å²) in [6.45, 7) is 9.91. The van der Waals surface area contributed by atoms with Crippen LogP contribution in [0.4, 0.5) is 0 Å². The first-order valence-corrected chi connectivity index (χ1v) is 14.2. The second kappa shape index (κ2) is 6.96. The van der Waals surface area contributed by atoms with Crippen LogP contribution in [0.25, 0.3) is 0 Å². The van der Waals surface area contributed by atoms with Gasteiger partial charge in [-0.3, -0.25) is 0 Å². The monoisotopic (exact) mass is 376 g/mol. The topological polar surface area (TPSA) is 0 Å². The highest BCUT2D eigenvalue weighted by Crippen LogP contribution is 2.46. The zero-order chi connectivity index (χ0) is 19.1. The van der Waals surface area contributed by atoms with Crippen molar-refractivity contribution >= 4 is 8.07 Å². The maximum Gasteiger partial charge on any atom is 0.131 e. The molecule has 0 aromatic rings. The first-order chi connectivity index (χ1) is 12.8. The third-order valence-corrected chi connectivity index (χ3v) is 11.2. The molecule has 0 N–H and O–H groups in total. The Bertz CT molecular complexity index is 736. The molecule has 144 valence electrons. The fraction of sp³-hybridized carbons (Fsp3) is 0.615. The van der Waals surface area contributed by atoms with E-state index in [1.54, 1.807) is 0 Å². The Kier molecular flexibility index (Phi) is 4.92. The summed E-state index contributed by atoms with van der Waals surface area (Å²) in [6.07, 6.45) is 23.2. The maximum atomic E-state index is 3.90. The second-order valence-corrected chi connectivity index (χ2v) is 14.8. The van der Waals surface area contributed by atoms with Crippen LogP contribution >= 0.6 is 0 Å². The molecular weight excluding hydrogens is 340 g/mol. The molecule has 0 aromatic carbocycles. The molecule has 4 aliphatic rings. The molecule has 4 aliphatic carbocycles. The Labute approximate surface area is 167 Å². The van der Waals surface area contributed by atoms with Gasteiger partial charge < -0.3 is 0 Å². The molecule has 2 saturated carbocycles. The summed E-state index contributed by atoms with van der Waals surface area (Å²) in [5, 5.41) is 2.96. The van der Waals surface area contributed by atoms with Gasteiger partial charge in [0, 0.05) is 0 Å². The molecule has 0 atom stereocenters. The van der Waals surface area contributed by atoms with Gasteiger partial charge in [-0.15, -0.1) is 11.5 Å². The van der Waals surface area contributed by atoms with Gasteiger partial charge in [-0.2, -0.15) is 0 Å². The van der Waals surface area contributed by atoms with Crippen molar-refractivity contribution in [3.05, 3.63) is 57.3 Å². The lowest BCUT2D eigenvalue weighted by Gasteiger charge is -2.33. The minimum atomic E-state index is -1.72. The minimum absolute atomic E-state index is 0.359. The van der Waals surface area contributed by atoms with Gasteiger partial charge >= 0.3 is 0 Å². The van der Waals surface area contributed by atoms with Crippen molar-refractivity contribution in [2.75, 3.05) is 0 Å². The summed E-state index contributed by atoms with van der Waals surface area (Å²) in [7, 11) is -1.72. The molecule has 0 nitrogen and oxygen atoms in total. The Balaban J connectivity index is 1.66. The van der Waals surface area contributed by atoms with Gasteiger partial charge in [0.2, 0.25) is 0 Å². The van der Waals surface area contributed by atoms with E-state index in [0.29, 0.717) is 10.8 Å². The molecule has 1 heteroatoms. The third kappa shape index (κ3) is 3.47. The standard InChI is InChI=1S/C26H36Si/c1-25(15-7-5-8-16-25)21-11-13-23(19-21)27(3,4)24-14-12-22(20-24)26(2)17-9-6-10-18-26/h11-14H,5-10,15-18H2,1-4H3. The van der Waals surface area contributed by atoms with E-state index >= 15 is 0 Å². The average molecular weight is 377 g/mol. The predicted octanol–water partition coefficient (Wildman–Crippen LogP) is 7.76. The Morgan fingerprint density at radius 3 is 1.37 bits per heavy atom. The summed E-state index contributed by atoms with van der Waals surface area (Å²) in [6, 6.07) is 0. The normalized spacial score (nSPS) is 26.5. The molecular formula is C26H36Si. The van der Waals surface area contributed by atoms with Crippen molar-refractivity contribution in [3.8, 4) is 0 Å². The lowest BCUT2D eigenvalue weighted by molar-refractivity contribution is 0.273. The fourth-order valence-corrected chi connectivity index (χ4v) is 7.76. The van der Waals surface area contributed by atoms with Crippen LogP contribution in [0, 0.1) is 10.8 Å². The Morgan fingerprint density at radius 2 is 1.00 bits per heavy atom. The zero-order valence-electron chi connectivity index (χ0n) is 17.9. The van der Waals surface area contributed by atoms with Gasteiger partial charge in [0.1, 0.15) is 8.07 Å². The van der Waals surface area contributed by atoms with Crippen molar-refractivity contribution < 1.29 is 0 Å². The SMILES string of the molecule is CC1(C2=C=C([Si](C)(C)C3=C=C(C4(C)CCCCC4)C=C3)C=C2)CCCCC1. The molecule has 0 aromatic heterocycles.